The molecule has 4 heteroatoms. The van der Waals surface area contributed by atoms with Crippen LogP contribution in [0.25, 0.3) is 0 Å². The molecular formula is C8H8ClNO2. The summed E-state index contributed by atoms with van der Waals surface area (Å²) in [6.07, 6.45) is 1.47. The van der Waals surface area contributed by atoms with Gasteiger partial charge in [0.25, 0.3) is 0 Å². The molecule has 0 aromatic carbocycles. The summed E-state index contributed by atoms with van der Waals surface area (Å²) in [6, 6.07) is 1.73. The quantitative estimate of drug-likeness (QED) is 0.714. The van der Waals surface area contributed by atoms with Crippen LogP contribution in [0, 0.1) is 6.92 Å². The van der Waals surface area contributed by atoms with E-state index in [0.29, 0.717) is 10.7 Å². The van der Waals surface area contributed by atoms with Crippen LogP contribution in [0.1, 0.15) is 11.1 Å². The van der Waals surface area contributed by atoms with Gasteiger partial charge in [0.15, 0.2) is 0 Å². The van der Waals surface area contributed by atoms with Crippen LogP contribution < -0.4 is 0 Å². The molecule has 0 bridgehead atoms. The monoisotopic (exact) mass is 185 g/mol. The number of carboxylic acid groups (broad SMARTS) is 1. The van der Waals surface area contributed by atoms with Gasteiger partial charge in [0.05, 0.1) is 6.42 Å². The van der Waals surface area contributed by atoms with Gasteiger partial charge < -0.3 is 5.11 Å². The molecule has 0 aliphatic rings. The Bertz CT molecular complexity index is 312. The number of nitrogens with zero attached hydrogens (tertiary/aromatic N) is 1. The number of aryl methyl sites for hydroxylation is 1. The van der Waals surface area contributed by atoms with E-state index >= 15 is 0 Å². The molecule has 0 amide bonds. The maximum Gasteiger partial charge on any atom is 0.307 e. The third-order valence-corrected chi connectivity index (χ3v) is 1.82. The van der Waals surface area contributed by atoms with Gasteiger partial charge in [-0.1, -0.05) is 17.7 Å². The van der Waals surface area contributed by atoms with Gasteiger partial charge in [-0.15, -0.1) is 0 Å². The van der Waals surface area contributed by atoms with Gasteiger partial charge in [-0.05, 0) is 18.1 Å². The highest BCUT2D eigenvalue weighted by molar-refractivity contribution is 6.30. The molecule has 0 fully saturated rings. The predicted molar refractivity (Wildman–Crippen MR) is 45.3 cm³/mol. The number of carboxylic acids is 1. The van der Waals surface area contributed by atoms with E-state index in [1.807, 2.05) is 0 Å². The minimum absolute atomic E-state index is 0.00892. The Morgan fingerprint density at radius 2 is 2.42 bits per heavy atom. The first kappa shape index (κ1) is 9.00. The first-order chi connectivity index (χ1) is 5.59. The van der Waals surface area contributed by atoms with E-state index in [-0.39, 0.29) is 6.42 Å². The molecule has 0 aliphatic carbocycles. The first-order valence-corrected chi connectivity index (χ1v) is 3.80. The number of hydrogen-bond donors (Lipinski definition) is 1. The molecule has 0 radical (unpaired) electrons. The van der Waals surface area contributed by atoms with Crippen LogP contribution in [-0.4, -0.2) is 16.1 Å². The number of aliphatic carboxylic acids is 1. The molecule has 0 spiro atoms. The lowest BCUT2D eigenvalue weighted by molar-refractivity contribution is -0.136. The van der Waals surface area contributed by atoms with Crippen molar-refractivity contribution in [2.45, 2.75) is 13.3 Å². The summed E-state index contributed by atoms with van der Waals surface area (Å²) in [5.41, 5.74) is 1.47. The van der Waals surface area contributed by atoms with E-state index in [9.17, 15) is 4.79 Å². The Hall–Kier alpha value is -1.09. The topological polar surface area (TPSA) is 50.2 Å². The van der Waals surface area contributed by atoms with E-state index < -0.39 is 5.97 Å². The number of carbonyl (C=O) groups is 1. The summed E-state index contributed by atoms with van der Waals surface area (Å²) in [4.78, 5) is 14.1. The van der Waals surface area contributed by atoms with Crippen LogP contribution in [0.4, 0.5) is 0 Å². The molecule has 1 aromatic heterocycles. The summed E-state index contributed by atoms with van der Waals surface area (Å²) >= 11 is 5.66. The Balaban J connectivity index is 2.89. The molecule has 1 N–H and O–H groups in total. The third kappa shape index (κ3) is 2.20. The third-order valence-electron chi connectivity index (χ3n) is 1.43. The molecule has 1 heterocycles. The van der Waals surface area contributed by atoms with E-state index in [1.54, 1.807) is 13.0 Å². The van der Waals surface area contributed by atoms with E-state index in [0.717, 1.165) is 5.56 Å². The maximum absolute atomic E-state index is 10.3. The lowest BCUT2D eigenvalue weighted by atomic mass is 10.2. The molecule has 1 rings (SSSR count). The molecule has 64 valence electrons. The second-order valence-corrected chi connectivity index (χ2v) is 2.88. The first-order valence-electron chi connectivity index (χ1n) is 3.42. The van der Waals surface area contributed by atoms with Crippen LogP contribution in [0.2, 0.25) is 5.15 Å². The molecule has 1 aromatic rings. The molecule has 0 aliphatic heterocycles. The van der Waals surface area contributed by atoms with Gasteiger partial charge in [-0.2, -0.15) is 0 Å². The van der Waals surface area contributed by atoms with Crippen molar-refractivity contribution in [1.29, 1.82) is 0 Å². The summed E-state index contributed by atoms with van der Waals surface area (Å²) in [7, 11) is 0. The Morgan fingerprint density at radius 3 is 2.92 bits per heavy atom. The van der Waals surface area contributed by atoms with Gasteiger partial charge in [-0.25, -0.2) is 4.98 Å². The Morgan fingerprint density at radius 1 is 1.75 bits per heavy atom. The van der Waals surface area contributed by atoms with Gasteiger partial charge in [0.2, 0.25) is 0 Å². The average Bonchev–Trinajstić information content (AvgIpc) is 1.96. The highest BCUT2D eigenvalue weighted by Crippen LogP contribution is 2.12. The van der Waals surface area contributed by atoms with Crippen molar-refractivity contribution in [3.8, 4) is 0 Å². The van der Waals surface area contributed by atoms with Crippen LogP contribution in [0.15, 0.2) is 12.3 Å². The van der Waals surface area contributed by atoms with Gasteiger partial charge in [0.1, 0.15) is 5.15 Å². The lowest BCUT2D eigenvalue weighted by Gasteiger charge is -1.99. The van der Waals surface area contributed by atoms with Crippen molar-refractivity contribution in [3.05, 3.63) is 28.5 Å². The number of pyridine rings is 1. The minimum atomic E-state index is -0.862. The standard InChI is InChI=1S/C8H8ClNO2/c1-5-2-6(3-7(11)12)4-10-8(5)9/h2,4H,3H2,1H3,(H,11,12). The van der Waals surface area contributed by atoms with Gasteiger partial charge in [0, 0.05) is 6.20 Å². The molecule has 3 nitrogen and oxygen atoms in total. The molecule has 0 unspecified atom stereocenters. The second kappa shape index (κ2) is 3.54. The summed E-state index contributed by atoms with van der Waals surface area (Å²) in [5.74, 6) is -0.862. The number of rotatable bonds is 2. The van der Waals surface area contributed by atoms with Gasteiger partial charge in [-0.3, -0.25) is 4.79 Å². The van der Waals surface area contributed by atoms with E-state index in [4.69, 9.17) is 16.7 Å². The zero-order chi connectivity index (χ0) is 9.14. The van der Waals surface area contributed by atoms with Crippen molar-refractivity contribution >= 4 is 17.6 Å². The molecule has 0 saturated heterocycles. The smallest absolute Gasteiger partial charge is 0.307 e. The minimum Gasteiger partial charge on any atom is -0.481 e. The van der Waals surface area contributed by atoms with Crippen LogP contribution in [0.5, 0.6) is 0 Å². The zero-order valence-corrected chi connectivity index (χ0v) is 7.30. The fraction of sp³-hybridized carbons (Fsp3) is 0.250. The van der Waals surface area contributed by atoms with Crippen molar-refractivity contribution in [3.63, 3.8) is 0 Å². The van der Waals surface area contributed by atoms with E-state index in [2.05, 4.69) is 4.98 Å². The molecular weight excluding hydrogens is 178 g/mol. The normalized spacial score (nSPS) is 9.83. The highest BCUT2D eigenvalue weighted by Gasteiger charge is 2.02. The average molecular weight is 186 g/mol. The maximum atomic E-state index is 10.3. The largest absolute Gasteiger partial charge is 0.481 e. The zero-order valence-electron chi connectivity index (χ0n) is 6.54. The lowest BCUT2D eigenvalue weighted by Crippen LogP contribution is -2.00. The number of halogens is 1. The van der Waals surface area contributed by atoms with Crippen molar-refractivity contribution in [1.82, 2.24) is 4.98 Å². The van der Waals surface area contributed by atoms with Crippen molar-refractivity contribution < 1.29 is 9.90 Å². The summed E-state index contributed by atoms with van der Waals surface area (Å²) < 4.78 is 0. The van der Waals surface area contributed by atoms with Crippen LogP contribution >= 0.6 is 11.6 Å². The summed E-state index contributed by atoms with van der Waals surface area (Å²) in [6.45, 7) is 1.79. The highest BCUT2D eigenvalue weighted by atomic mass is 35.5. The number of aromatic nitrogens is 1. The second-order valence-electron chi connectivity index (χ2n) is 2.52. The Kier molecular flexibility index (Phi) is 2.65. The fourth-order valence-electron chi connectivity index (χ4n) is 0.888. The molecule has 12 heavy (non-hydrogen) atoms. The van der Waals surface area contributed by atoms with Crippen LogP contribution in [-0.2, 0) is 11.2 Å². The predicted octanol–water partition coefficient (Wildman–Crippen LogP) is 1.67. The molecule has 0 atom stereocenters. The fourth-order valence-corrected chi connectivity index (χ4v) is 0.991. The van der Waals surface area contributed by atoms with Gasteiger partial charge >= 0.3 is 5.97 Å². The summed E-state index contributed by atoms with van der Waals surface area (Å²) in [5, 5.41) is 8.89. The van der Waals surface area contributed by atoms with Crippen LogP contribution in [0.3, 0.4) is 0 Å². The Labute approximate surface area is 75.0 Å². The van der Waals surface area contributed by atoms with E-state index in [1.165, 1.54) is 6.20 Å². The molecule has 0 saturated carbocycles. The SMILES string of the molecule is Cc1cc(CC(=O)O)cnc1Cl. The van der Waals surface area contributed by atoms with Crippen molar-refractivity contribution in [2.75, 3.05) is 0 Å². The van der Waals surface area contributed by atoms with Crippen molar-refractivity contribution in [2.24, 2.45) is 0 Å². The number of hydrogen-bond acceptors (Lipinski definition) is 2.